The van der Waals surface area contributed by atoms with Crippen LogP contribution in [-0.2, 0) is 6.54 Å². The molecule has 26 heavy (non-hydrogen) atoms. The van der Waals surface area contributed by atoms with Crippen LogP contribution in [0.5, 0.6) is 11.5 Å². The second kappa shape index (κ2) is 7.78. The lowest BCUT2D eigenvalue weighted by molar-refractivity contribution is 0.0790. The van der Waals surface area contributed by atoms with E-state index in [4.69, 9.17) is 9.47 Å². The maximum Gasteiger partial charge on any atom is 0.254 e. The van der Waals surface area contributed by atoms with Gasteiger partial charge in [-0.25, -0.2) is 4.98 Å². The minimum Gasteiger partial charge on any atom is -0.497 e. The van der Waals surface area contributed by atoms with Gasteiger partial charge in [0.1, 0.15) is 17.3 Å². The lowest BCUT2D eigenvalue weighted by atomic mass is 10.1. The molecule has 1 atom stereocenters. The number of nitrogens with one attached hydrogen (secondary N) is 1. The van der Waals surface area contributed by atoms with Crippen LogP contribution < -0.4 is 9.47 Å². The number of nitrogens with zero attached hydrogens (tertiary/aromatic N) is 3. The van der Waals surface area contributed by atoms with E-state index in [9.17, 15) is 4.79 Å². The molecule has 1 aromatic heterocycles. The summed E-state index contributed by atoms with van der Waals surface area (Å²) in [6.07, 6.45) is 2.79. The van der Waals surface area contributed by atoms with Crippen molar-refractivity contribution in [3.63, 3.8) is 0 Å². The topological polar surface area (TPSA) is 70.7 Å². The molecule has 7 heteroatoms. The zero-order valence-corrected chi connectivity index (χ0v) is 15.8. The zero-order valence-electron chi connectivity index (χ0n) is 15.8. The smallest absolute Gasteiger partial charge is 0.254 e. The summed E-state index contributed by atoms with van der Waals surface area (Å²) in [5.74, 6) is 2.41. The maximum absolute atomic E-state index is 12.9. The Balaban J connectivity index is 1.70. The Morgan fingerprint density at radius 3 is 2.58 bits per heavy atom. The summed E-state index contributed by atoms with van der Waals surface area (Å²) in [6.45, 7) is 2.20. The molecule has 1 aromatic carbocycles. The number of hydrogen-bond donors (Lipinski definition) is 1. The van der Waals surface area contributed by atoms with Gasteiger partial charge in [0.15, 0.2) is 0 Å². The van der Waals surface area contributed by atoms with E-state index in [-0.39, 0.29) is 11.8 Å². The fraction of sp³-hybridized carbons (Fsp3) is 0.474. The number of hydrogen-bond acceptors (Lipinski definition) is 5. The van der Waals surface area contributed by atoms with Crippen molar-refractivity contribution in [1.82, 2.24) is 19.8 Å². The number of carbonyl (C=O) groups is 1. The molecule has 0 radical (unpaired) electrons. The van der Waals surface area contributed by atoms with Crippen LogP contribution in [0.2, 0.25) is 0 Å². The lowest BCUT2D eigenvalue weighted by Gasteiger charge is -2.17. The highest BCUT2D eigenvalue weighted by atomic mass is 16.5. The van der Waals surface area contributed by atoms with Crippen molar-refractivity contribution >= 4 is 5.91 Å². The van der Waals surface area contributed by atoms with Crippen LogP contribution in [-0.4, -0.2) is 67.1 Å². The van der Waals surface area contributed by atoms with Gasteiger partial charge in [-0.05, 0) is 32.6 Å². The van der Waals surface area contributed by atoms with Crippen LogP contribution in [0.4, 0.5) is 0 Å². The molecule has 7 nitrogen and oxygen atoms in total. The highest BCUT2D eigenvalue weighted by Gasteiger charge is 2.30. The first-order valence-corrected chi connectivity index (χ1v) is 8.71. The van der Waals surface area contributed by atoms with Crippen LogP contribution >= 0.6 is 0 Å². The number of aromatic nitrogens is 2. The number of ether oxygens (including phenoxy) is 2. The normalized spacial score (nSPS) is 17.0. The largest absolute Gasteiger partial charge is 0.497 e. The molecule has 3 rings (SSSR count). The SMILES string of the molecule is COc1cc(OC)cc(C(=O)N2CC[C@H](c3ncc(CN(C)C)[nH]3)C2)c1. The zero-order chi connectivity index (χ0) is 18.7. The summed E-state index contributed by atoms with van der Waals surface area (Å²) in [7, 11) is 7.21. The first-order valence-electron chi connectivity index (χ1n) is 8.71. The van der Waals surface area contributed by atoms with Crippen molar-refractivity contribution in [2.24, 2.45) is 0 Å². The number of H-pyrrole nitrogens is 1. The van der Waals surface area contributed by atoms with Gasteiger partial charge >= 0.3 is 0 Å². The molecular weight excluding hydrogens is 332 g/mol. The number of likely N-dealkylation sites (tertiary alicyclic amines) is 1. The van der Waals surface area contributed by atoms with Crippen molar-refractivity contribution in [3.8, 4) is 11.5 Å². The summed E-state index contributed by atoms with van der Waals surface area (Å²) in [5, 5.41) is 0. The Kier molecular flexibility index (Phi) is 5.46. The van der Waals surface area contributed by atoms with Gasteiger partial charge in [0.25, 0.3) is 5.91 Å². The Hall–Kier alpha value is -2.54. The third kappa shape index (κ3) is 3.99. The summed E-state index contributed by atoms with van der Waals surface area (Å²) >= 11 is 0. The molecule has 0 bridgehead atoms. The highest BCUT2D eigenvalue weighted by molar-refractivity contribution is 5.95. The summed E-state index contributed by atoms with van der Waals surface area (Å²) in [6, 6.07) is 5.26. The van der Waals surface area contributed by atoms with Crippen molar-refractivity contribution in [3.05, 3.63) is 41.5 Å². The monoisotopic (exact) mass is 358 g/mol. The van der Waals surface area contributed by atoms with E-state index in [0.29, 0.717) is 30.2 Å². The van der Waals surface area contributed by atoms with E-state index in [2.05, 4.69) is 14.9 Å². The van der Waals surface area contributed by atoms with Gasteiger partial charge in [0.2, 0.25) is 0 Å². The number of rotatable bonds is 6. The van der Waals surface area contributed by atoms with Gasteiger partial charge in [-0.3, -0.25) is 4.79 Å². The lowest BCUT2D eigenvalue weighted by Crippen LogP contribution is -2.28. The average molecular weight is 358 g/mol. The van der Waals surface area contributed by atoms with E-state index in [1.54, 1.807) is 32.4 Å². The van der Waals surface area contributed by atoms with Gasteiger partial charge in [0, 0.05) is 49.1 Å². The molecule has 0 unspecified atom stereocenters. The molecule has 1 fully saturated rings. The van der Waals surface area contributed by atoms with E-state index in [0.717, 1.165) is 24.5 Å². The van der Waals surface area contributed by atoms with E-state index in [1.165, 1.54) is 0 Å². The Morgan fingerprint density at radius 2 is 1.96 bits per heavy atom. The quantitative estimate of drug-likeness (QED) is 0.856. The van der Waals surface area contributed by atoms with Gasteiger partial charge in [-0.2, -0.15) is 0 Å². The van der Waals surface area contributed by atoms with Crippen LogP contribution in [0.3, 0.4) is 0 Å². The van der Waals surface area contributed by atoms with Crippen molar-refractivity contribution in [1.29, 1.82) is 0 Å². The van der Waals surface area contributed by atoms with E-state index >= 15 is 0 Å². The third-order valence-corrected chi connectivity index (χ3v) is 4.60. The first kappa shape index (κ1) is 18.3. The molecule has 1 saturated heterocycles. The number of aromatic amines is 1. The summed E-state index contributed by atoms with van der Waals surface area (Å²) in [5.41, 5.74) is 1.67. The predicted molar refractivity (Wildman–Crippen MR) is 98.8 cm³/mol. The second-order valence-electron chi connectivity index (χ2n) is 6.87. The standard InChI is InChI=1S/C19H26N4O3/c1-22(2)12-15-10-20-18(21-15)13-5-6-23(11-13)19(24)14-7-16(25-3)9-17(8-14)26-4/h7-10,13H,5-6,11-12H2,1-4H3,(H,20,21)/t13-/m0/s1. The number of methoxy groups -OCH3 is 2. The van der Waals surface area contributed by atoms with E-state index < -0.39 is 0 Å². The number of benzene rings is 1. The molecule has 1 aliphatic heterocycles. The van der Waals surface area contributed by atoms with Crippen molar-refractivity contribution in [2.75, 3.05) is 41.4 Å². The molecule has 0 saturated carbocycles. The predicted octanol–water partition coefficient (Wildman–Crippen LogP) is 2.12. The van der Waals surface area contributed by atoms with Gasteiger partial charge in [0.05, 0.1) is 14.2 Å². The fourth-order valence-electron chi connectivity index (χ4n) is 3.29. The molecule has 1 aliphatic rings. The molecule has 0 spiro atoms. The molecule has 1 amide bonds. The number of carbonyl (C=O) groups excluding carboxylic acids is 1. The van der Waals surface area contributed by atoms with Crippen molar-refractivity contribution in [2.45, 2.75) is 18.9 Å². The molecule has 1 N–H and O–H groups in total. The van der Waals surface area contributed by atoms with Gasteiger partial charge in [-0.15, -0.1) is 0 Å². The van der Waals surface area contributed by atoms with Gasteiger partial charge < -0.3 is 24.3 Å². The summed E-state index contributed by atoms with van der Waals surface area (Å²) in [4.78, 5) is 24.8. The number of amides is 1. The third-order valence-electron chi connectivity index (χ3n) is 4.60. The maximum atomic E-state index is 12.9. The Morgan fingerprint density at radius 1 is 1.27 bits per heavy atom. The minimum absolute atomic E-state index is 0.00947. The van der Waals surface area contributed by atoms with E-state index in [1.807, 2.05) is 25.2 Å². The fourth-order valence-corrected chi connectivity index (χ4v) is 3.29. The Bertz CT molecular complexity index is 750. The average Bonchev–Trinajstić information content (AvgIpc) is 3.29. The van der Waals surface area contributed by atoms with Crippen LogP contribution in [0.1, 0.15) is 34.2 Å². The minimum atomic E-state index is -0.00947. The second-order valence-corrected chi connectivity index (χ2v) is 6.87. The number of imidazole rings is 1. The highest BCUT2D eigenvalue weighted by Crippen LogP contribution is 2.29. The first-order chi connectivity index (χ1) is 12.5. The molecule has 0 aliphatic carbocycles. The molecule has 2 aromatic rings. The van der Waals surface area contributed by atoms with Crippen LogP contribution in [0.15, 0.2) is 24.4 Å². The molecular formula is C19H26N4O3. The Labute approximate surface area is 153 Å². The van der Waals surface area contributed by atoms with Crippen molar-refractivity contribution < 1.29 is 14.3 Å². The molecule has 140 valence electrons. The van der Waals surface area contributed by atoms with Gasteiger partial charge in [-0.1, -0.05) is 0 Å². The van der Waals surface area contributed by atoms with Crippen LogP contribution in [0, 0.1) is 0 Å². The molecule has 2 heterocycles. The summed E-state index contributed by atoms with van der Waals surface area (Å²) < 4.78 is 10.5. The van der Waals surface area contributed by atoms with Crippen LogP contribution in [0.25, 0.3) is 0 Å².